The number of benzene rings is 2. The molecule has 1 N–H and O–H groups in total. The van der Waals surface area contributed by atoms with Crippen LogP contribution in [0.5, 0.6) is 5.75 Å². The molecule has 0 radical (unpaired) electrons. The molecule has 0 unspecified atom stereocenters. The predicted molar refractivity (Wildman–Crippen MR) is 110 cm³/mol. The van der Waals surface area contributed by atoms with Crippen LogP contribution in [-0.2, 0) is 0 Å². The molecule has 1 fully saturated rings. The van der Waals surface area contributed by atoms with Gasteiger partial charge in [-0.3, -0.25) is 4.79 Å². The number of rotatable bonds is 6. The standard InChI is InChI=1S/C22H23N3O3/c1-2-27-19-9-10-20-17(13-19)14-21(28-20)22(26)24-23-15-16-5-7-18(8-6-16)25-11-3-4-12-25/h5-10,13-15H,2-4,11-12H2,1H3,(H,24,26)/b23-15+. The van der Waals surface area contributed by atoms with Gasteiger partial charge in [0, 0.05) is 24.2 Å². The van der Waals surface area contributed by atoms with Crippen molar-refractivity contribution < 1.29 is 13.9 Å². The molecule has 28 heavy (non-hydrogen) atoms. The molecule has 2 heterocycles. The number of nitrogens with zero attached hydrogens (tertiary/aromatic N) is 2. The molecule has 4 rings (SSSR count). The van der Waals surface area contributed by atoms with E-state index in [2.05, 4.69) is 27.6 Å². The number of hydrazone groups is 1. The van der Waals surface area contributed by atoms with Crippen LogP contribution < -0.4 is 15.1 Å². The van der Waals surface area contributed by atoms with Gasteiger partial charge in [-0.1, -0.05) is 12.1 Å². The number of anilines is 1. The Morgan fingerprint density at radius 2 is 1.96 bits per heavy atom. The topological polar surface area (TPSA) is 67.1 Å². The molecule has 2 aromatic carbocycles. The Hall–Kier alpha value is -3.28. The average molecular weight is 377 g/mol. The van der Waals surface area contributed by atoms with Gasteiger partial charge in [0.1, 0.15) is 11.3 Å². The Morgan fingerprint density at radius 3 is 2.71 bits per heavy atom. The van der Waals surface area contributed by atoms with Crippen molar-refractivity contribution in [3.05, 3.63) is 59.9 Å². The fourth-order valence-electron chi connectivity index (χ4n) is 3.36. The Labute approximate surface area is 163 Å². The third-order valence-electron chi connectivity index (χ3n) is 4.77. The van der Waals surface area contributed by atoms with Crippen LogP contribution in [0, 0.1) is 0 Å². The molecule has 1 amide bonds. The fraction of sp³-hybridized carbons (Fsp3) is 0.273. The summed E-state index contributed by atoms with van der Waals surface area (Å²) in [6.07, 6.45) is 4.13. The number of ether oxygens (including phenoxy) is 1. The second-order valence-electron chi connectivity index (χ2n) is 6.73. The molecule has 0 saturated carbocycles. The number of amides is 1. The molecule has 0 spiro atoms. The number of carbonyl (C=O) groups excluding carboxylic acids is 1. The average Bonchev–Trinajstić information content (AvgIpc) is 3.38. The van der Waals surface area contributed by atoms with E-state index in [4.69, 9.17) is 9.15 Å². The molecule has 6 nitrogen and oxygen atoms in total. The van der Waals surface area contributed by atoms with Gasteiger partial charge in [0.2, 0.25) is 0 Å². The van der Waals surface area contributed by atoms with E-state index in [0.29, 0.717) is 12.2 Å². The number of nitrogens with one attached hydrogen (secondary N) is 1. The minimum Gasteiger partial charge on any atom is -0.494 e. The lowest BCUT2D eigenvalue weighted by atomic mass is 10.2. The highest BCUT2D eigenvalue weighted by atomic mass is 16.5. The molecule has 1 aromatic heterocycles. The van der Waals surface area contributed by atoms with Gasteiger partial charge in [-0.05, 0) is 61.7 Å². The fourth-order valence-corrected chi connectivity index (χ4v) is 3.36. The van der Waals surface area contributed by atoms with Crippen LogP contribution >= 0.6 is 0 Å². The lowest BCUT2D eigenvalue weighted by Crippen LogP contribution is -2.17. The summed E-state index contributed by atoms with van der Waals surface area (Å²) in [6.45, 7) is 4.75. The van der Waals surface area contributed by atoms with Crippen LogP contribution in [0.1, 0.15) is 35.9 Å². The second-order valence-corrected chi connectivity index (χ2v) is 6.73. The smallest absolute Gasteiger partial charge is 0.307 e. The maximum absolute atomic E-state index is 12.3. The molecular formula is C22H23N3O3. The van der Waals surface area contributed by atoms with Crippen molar-refractivity contribution in [2.45, 2.75) is 19.8 Å². The van der Waals surface area contributed by atoms with E-state index in [-0.39, 0.29) is 11.7 Å². The number of hydrogen-bond acceptors (Lipinski definition) is 5. The van der Waals surface area contributed by atoms with Crippen molar-refractivity contribution in [1.29, 1.82) is 0 Å². The Bertz CT molecular complexity index is 986. The first-order chi connectivity index (χ1) is 13.7. The predicted octanol–water partition coefficient (Wildman–Crippen LogP) is 4.20. The van der Waals surface area contributed by atoms with E-state index in [1.807, 2.05) is 31.2 Å². The molecule has 0 atom stereocenters. The number of hydrogen-bond donors (Lipinski definition) is 1. The van der Waals surface area contributed by atoms with Gasteiger partial charge in [0.05, 0.1) is 12.8 Å². The van der Waals surface area contributed by atoms with Gasteiger partial charge < -0.3 is 14.1 Å². The summed E-state index contributed by atoms with van der Waals surface area (Å²) in [5.74, 6) is 0.572. The van der Waals surface area contributed by atoms with Gasteiger partial charge in [-0.2, -0.15) is 5.10 Å². The second kappa shape index (κ2) is 8.17. The van der Waals surface area contributed by atoms with Gasteiger partial charge in [-0.15, -0.1) is 0 Å². The van der Waals surface area contributed by atoms with Crippen molar-refractivity contribution >= 4 is 28.8 Å². The van der Waals surface area contributed by atoms with Crippen molar-refractivity contribution in [2.75, 3.05) is 24.6 Å². The van der Waals surface area contributed by atoms with Crippen LogP contribution in [0.3, 0.4) is 0 Å². The van der Waals surface area contributed by atoms with E-state index in [1.54, 1.807) is 18.3 Å². The van der Waals surface area contributed by atoms with Crippen LogP contribution in [0.25, 0.3) is 11.0 Å². The minimum absolute atomic E-state index is 0.213. The highest BCUT2D eigenvalue weighted by Crippen LogP contribution is 2.24. The monoisotopic (exact) mass is 377 g/mol. The van der Waals surface area contributed by atoms with Gasteiger partial charge in [0.15, 0.2) is 5.76 Å². The maximum Gasteiger partial charge on any atom is 0.307 e. The SMILES string of the molecule is CCOc1ccc2oc(C(=O)N/N=C/c3ccc(N4CCCC4)cc3)cc2c1. The highest BCUT2D eigenvalue weighted by molar-refractivity contribution is 5.96. The lowest BCUT2D eigenvalue weighted by Gasteiger charge is -2.17. The summed E-state index contributed by atoms with van der Waals surface area (Å²) in [7, 11) is 0. The van der Waals surface area contributed by atoms with E-state index < -0.39 is 0 Å². The molecule has 0 aliphatic carbocycles. The third kappa shape index (κ3) is 4.01. The molecule has 1 aliphatic heterocycles. The Kier molecular flexibility index (Phi) is 5.28. The summed E-state index contributed by atoms with van der Waals surface area (Å²) in [4.78, 5) is 14.7. The molecule has 1 aliphatic rings. The zero-order chi connectivity index (χ0) is 19.3. The minimum atomic E-state index is -0.390. The molecule has 144 valence electrons. The quantitative estimate of drug-likeness (QED) is 0.516. The normalized spacial score (nSPS) is 14.1. The van der Waals surface area contributed by atoms with Crippen molar-refractivity contribution in [1.82, 2.24) is 5.43 Å². The molecular weight excluding hydrogens is 354 g/mol. The maximum atomic E-state index is 12.3. The van der Waals surface area contributed by atoms with Crippen molar-refractivity contribution in [3.8, 4) is 5.75 Å². The van der Waals surface area contributed by atoms with E-state index in [1.165, 1.54) is 18.5 Å². The molecule has 6 heteroatoms. The number of carbonyl (C=O) groups is 1. The van der Waals surface area contributed by atoms with E-state index in [0.717, 1.165) is 29.8 Å². The summed E-state index contributed by atoms with van der Waals surface area (Å²) in [5.41, 5.74) is 5.30. The Morgan fingerprint density at radius 1 is 1.18 bits per heavy atom. The van der Waals surface area contributed by atoms with Crippen LogP contribution in [-0.4, -0.2) is 31.8 Å². The zero-order valence-electron chi connectivity index (χ0n) is 15.9. The molecule has 1 saturated heterocycles. The zero-order valence-corrected chi connectivity index (χ0v) is 15.9. The van der Waals surface area contributed by atoms with E-state index >= 15 is 0 Å². The summed E-state index contributed by atoms with van der Waals surface area (Å²) < 4.78 is 11.1. The highest BCUT2D eigenvalue weighted by Gasteiger charge is 2.13. The van der Waals surface area contributed by atoms with Crippen molar-refractivity contribution in [3.63, 3.8) is 0 Å². The van der Waals surface area contributed by atoms with E-state index in [9.17, 15) is 4.79 Å². The first kappa shape index (κ1) is 18.1. The number of fused-ring (bicyclic) bond motifs is 1. The van der Waals surface area contributed by atoms with Crippen LogP contribution in [0.15, 0.2) is 58.0 Å². The lowest BCUT2D eigenvalue weighted by molar-refractivity contribution is 0.0929. The summed E-state index contributed by atoms with van der Waals surface area (Å²) in [5, 5.41) is 4.86. The summed E-state index contributed by atoms with van der Waals surface area (Å²) in [6, 6.07) is 15.3. The summed E-state index contributed by atoms with van der Waals surface area (Å²) >= 11 is 0. The largest absolute Gasteiger partial charge is 0.494 e. The van der Waals surface area contributed by atoms with Gasteiger partial charge in [-0.25, -0.2) is 5.43 Å². The number of furan rings is 1. The first-order valence-corrected chi connectivity index (χ1v) is 9.58. The van der Waals surface area contributed by atoms with Crippen LogP contribution in [0.2, 0.25) is 0 Å². The first-order valence-electron chi connectivity index (χ1n) is 9.58. The van der Waals surface area contributed by atoms with Crippen LogP contribution in [0.4, 0.5) is 5.69 Å². The van der Waals surface area contributed by atoms with Crippen molar-refractivity contribution in [2.24, 2.45) is 5.10 Å². The van der Waals surface area contributed by atoms with Gasteiger partial charge >= 0.3 is 5.91 Å². The third-order valence-corrected chi connectivity index (χ3v) is 4.77. The Balaban J connectivity index is 1.38. The molecule has 0 bridgehead atoms. The van der Waals surface area contributed by atoms with Gasteiger partial charge in [0.25, 0.3) is 0 Å². The molecule has 3 aromatic rings.